The Morgan fingerprint density at radius 3 is 2.85 bits per heavy atom. The summed E-state index contributed by atoms with van der Waals surface area (Å²) < 4.78 is 10.4. The summed E-state index contributed by atoms with van der Waals surface area (Å²) in [6.45, 7) is 1.02. The summed E-state index contributed by atoms with van der Waals surface area (Å²) in [5, 5.41) is 0.870. The number of fused-ring (bicyclic) bond motifs is 1. The van der Waals surface area contributed by atoms with Crippen LogP contribution in [0, 0.1) is 0 Å². The predicted octanol–water partition coefficient (Wildman–Crippen LogP) is 3.34. The van der Waals surface area contributed by atoms with Crippen LogP contribution in [-0.2, 0) is 6.54 Å². The van der Waals surface area contributed by atoms with Gasteiger partial charge in [-0.15, -0.1) is 0 Å². The van der Waals surface area contributed by atoms with Gasteiger partial charge in [-0.25, -0.2) is 0 Å². The Kier molecular flexibility index (Phi) is 3.39. The summed E-state index contributed by atoms with van der Waals surface area (Å²) in [7, 11) is 1.91. The molecule has 2 aromatic heterocycles. The smallest absolute Gasteiger partial charge is 0.180 e. The first kappa shape index (κ1) is 12.7. The first-order valence-electron chi connectivity index (χ1n) is 6.43. The number of rotatable bonds is 5. The van der Waals surface area contributed by atoms with Crippen LogP contribution in [0.4, 0.5) is 0 Å². The molecule has 0 N–H and O–H groups in total. The van der Waals surface area contributed by atoms with Gasteiger partial charge >= 0.3 is 0 Å². The van der Waals surface area contributed by atoms with Gasteiger partial charge in [-0.2, -0.15) is 0 Å². The molecule has 0 aliphatic carbocycles. The normalized spacial score (nSPS) is 11.3. The van der Waals surface area contributed by atoms with Crippen LogP contribution >= 0.6 is 0 Å². The number of hydrogen-bond donors (Lipinski definition) is 0. The SMILES string of the molecule is CN(CC(=O)c1coc2ccccc12)Cc1ccoc1. The largest absolute Gasteiger partial charge is 0.472 e. The summed E-state index contributed by atoms with van der Waals surface area (Å²) in [5.74, 6) is 0.0564. The maximum absolute atomic E-state index is 12.3. The minimum absolute atomic E-state index is 0.0564. The third-order valence-corrected chi connectivity index (χ3v) is 3.23. The molecule has 0 unspecified atom stereocenters. The number of benzene rings is 1. The second-order valence-electron chi connectivity index (χ2n) is 4.87. The summed E-state index contributed by atoms with van der Waals surface area (Å²) in [6.07, 6.45) is 4.86. The minimum atomic E-state index is 0.0564. The Labute approximate surface area is 116 Å². The number of nitrogens with zero attached hydrogens (tertiary/aromatic N) is 1. The summed E-state index contributed by atoms with van der Waals surface area (Å²) in [5.41, 5.74) is 2.44. The summed E-state index contributed by atoms with van der Waals surface area (Å²) in [6, 6.07) is 9.46. The van der Waals surface area contributed by atoms with E-state index in [-0.39, 0.29) is 5.78 Å². The maximum atomic E-state index is 12.3. The molecule has 102 valence electrons. The highest BCUT2D eigenvalue weighted by molar-refractivity contribution is 6.08. The van der Waals surface area contributed by atoms with Gasteiger partial charge in [-0.3, -0.25) is 9.69 Å². The Morgan fingerprint density at radius 1 is 1.20 bits per heavy atom. The maximum Gasteiger partial charge on any atom is 0.180 e. The lowest BCUT2D eigenvalue weighted by Gasteiger charge is -2.13. The van der Waals surface area contributed by atoms with Crippen LogP contribution in [-0.4, -0.2) is 24.3 Å². The molecular weight excluding hydrogens is 254 g/mol. The van der Waals surface area contributed by atoms with Gasteiger partial charge in [0.1, 0.15) is 11.8 Å². The number of carbonyl (C=O) groups is 1. The van der Waals surface area contributed by atoms with Crippen LogP contribution in [0.2, 0.25) is 0 Å². The van der Waals surface area contributed by atoms with Gasteiger partial charge in [-0.1, -0.05) is 18.2 Å². The van der Waals surface area contributed by atoms with E-state index in [1.807, 2.05) is 42.3 Å². The monoisotopic (exact) mass is 269 g/mol. The van der Waals surface area contributed by atoms with Gasteiger partial charge in [0.15, 0.2) is 5.78 Å². The number of Topliss-reactive ketones (excluding diaryl/α,β-unsaturated/α-hetero) is 1. The standard InChI is InChI=1S/C16H15NO3/c1-17(8-12-6-7-19-10-12)9-15(18)14-11-20-16-5-3-2-4-13(14)16/h2-7,10-11H,8-9H2,1H3. The van der Waals surface area contributed by atoms with Gasteiger partial charge < -0.3 is 8.83 Å². The van der Waals surface area contributed by atoms with Gasteiger partial charge in [0.2, 0.25) is 0 Å². The van der Waals surface area contributed by atoms with Crippen molar-refractivity contribution >= 4 is 16.8 Å². The van der Waals surface area contributed by atoms with E-state index in [2.05, 4.69) is 0 Å². The van der Waals surface area contributed by atoms with Crippen LogP contribution in [0.5, 0.6) is 0 Å². The topological polar surface area (TPSA) is 46.6 Å². The molecule has 4 nitrogen and oxygen atoms in total. The molecular formula is C16H15NO3. The van der Waals surface area contributed by atoms with Crippen molar-refractivity contribution in [3.05, 3.63) is 60.2 Å². The van der Waals surface area contributed by atoms with E-state index >= 15 is 0 Å². The molecule has 3 rings (SSSR count). The van der Waals surface area contributed by atoms with E-state index in [1.165, 1.54) is 0 Å². The van der Waals surface area contributed by atoms with Crippen molar-refractivity contribution in [1.29, 1.82) is 0 Å². The lowest BCUT2D eigenvalue weighted by Crippen LogP contribution is -2.25. The lowest BCUT2D eigenvalue weighted by atomic mass is 10.1. The summed E-state index contributed by atoms with van der Waals surface area (Å²) >= 11 is 0. The zero-order valence-corrected chi connectivity index (χ0v) is 11.2. The van der Waals surface area contributed by atoms with E-state index in [0.717, 1.165) is 16.5 Å². The highest BCUT2D eigenvalue weighted by atomic mass is 16.3. The predicted molar refractivity (Wildman–Crippen MR) is 75.6 cm³/mol. The number of para-hydroxylation sites is 1. The van der Waals surface area contributed by atoms with Gasteiger partial charge in [0, 0.05) is 17.5 Å². The molecule has 2 heterocycles. The number of carbonyl (C=O) groups excluding carboxylic acids is 1. The number of hydrogen-bond acceptors (Lipinski definition) is 4. The molecule has 0 fully saturated rings. The molecule has 0 aliphatic rings. The van der Waals surface area contributed by atoms with E-state index in [9.17, 15) is 4.79 Å². The van der Waals surface area contributed by atoms with E-state index in [4.69, 9.17) is 8.83 Å². The molecule has 0 saturated heterocycles. The van der Waals surface area contributed by atoms with E-state index in [0.29, 0.717) is 18.7 Å². The Hall–Kier alpha value is -2.33. The fraction of sp³-hybridized carbons (Fsp3) is 0.188. The van der Waals surface area contributed by atoms with E-state index in [1.54, 1.807) is 18.8 Å². The minimum Gasteiger partial charge on any atom is -0.472 e. The third-order valence-electron chi connectivity index (χ3n) is 3.23. The fourth-order valence-corrected chi connectivity index (χ4v) is 2.27. The molecule has 1 aromatic carbocycles. The molecule has 0 amide bonds. The zero-order chi connectivity index (χ0) is 13.9. The molecule has 0 aliphatic heterocycles. The molecule has 0 atom stereocenters. The van der Waals surface area contributed by atoms with Gasteiger partial charge in [0.25, 0.3) is 0 Å². The second-order valence-corrected chi connectivity index (χ2v) is 4.87. The number of furan rings is 2. The van der Waals surface area contributed by atoms with Crippen molar-refractivity contribution < 1.29 is 13.6 Å². The Bertz CT molecular complexity index is 712. The average molecular weight is 269 g/mol. The van der Waals surface area contributed by atoms with E-state index < -0.39 is 0 Å². The van der Waals surface area contributed by atoms with Crippen molar-refractivity contribution in [2.75, 3.05) is 13.6 Å². The summed E-state index contributed by atoms with van der Waals surface area (Å²) in [4.78, 5) is 14.3. The van der Waals surface area contributed by atoms with Gasteiger partial charge in [0.05, 0.1) is 24.6 Å². The first-order valence-corrected chi connectivity index (χ1v) is 6.43. The van der Waals surface area contributed by atoms with Crippen molar-refractivity contribution in [1.82, 2.24) is 4.90 Å². The molecule has 0 radical (unpaired) electrons. The number of likely N-dealkylation sites (N-methyl/N-ethyl adjacent to an activating group) is 1. The van der Waals surface area contributed by atoms with Crippen molar-refractivity contribution in [2.45, 2.75) is 6.54 Å². The fourth-order valence-electron chi connectivity index (χ4n) is 2.27. The van der Waals surface area contributed by atoms with Gasteiger partial charge in [-0.05, 0) is 19.2 Å². The molecule has 0 spiro atoms. The van der Waals surface area contributed by atoms with Crippen LogP contribution < -0.4 is 0 Å². The third kappa shape index (κ3) is 2.51. The molecule has 4 heteroatoms. The van der Waals surface area contributed by atoms with Crippen molar-refractivity contribution in [3.8, 4) is 0 Å². The average Bonchev–Trinajstić information content (AvgIpc) is 3.07. The van der Waals surface area contributed by atoms with Crippen LogP contribution in [0.3, 0.4) is 0 Å². The molecule has 3 aromatic rings. The molecule has 0 saturated carbocycles. The highest BCUT2D eigenvalue weighted by Gasteiger charge is 2.15. The highest BCUT2D eigenvalue weighted by Crippen LogP contribution is 2.21. The lowest BCUT2D eigenvalue weighted by molar-refractivity contribution is 0.0943. The van der Waals surface area contributed by atoms with Crippen molar-refractivity contribution in [2.24, 2.45) is 0 Å². The van der Waals surface area contributed by atoms with Crippen molar-refractivity contribution in [3.63, 3.8) is 0 Å². The molecule has 20 heavy (non-hydrogen) atoms. The van der Waals surface area contributed by atoms with Crippen LogP contribution in [0.15, 0.2) is 58.0 Å². The Balaban J connectivity index is 1.73. The molecule has 0 bridgehead atoms. The second kappa shape index (κ2) is 5.35. The van der Waals surface area contributed by atoms with Crippen LogP contribution in [0.25, 0.3) is 11.0 Å². The quantitative estimate of drug-likeness (QED) is 0.666. The van der Waals surface area contributed by atoms with Crippen LogP contribution in [0.1, 0.15) is 15.9 Å². The zero-order valence-electron chi connectivity index (χ0n) is 11.2. The Morgan fingerprint density at radius 2 is 2.05 bits per heavy atom. The number of ketones is 1. The first-order chi connectivity index (χ1) is 9.74.